The molecule has 1 saturated heterocycles. The van der Waals surface area contributed by atoms with Crippen LogP contribution >= 0.6 is 0 Å². The molecule has 0 aliphatic carbocycles. The van der Waals surface area contributed by atoms with Crippen LogP contribution in [0.5, 0.6) is 5.75 Å². The molecular weight excluding hydrogens is 235 g/mol. The van der Waals surface area contributed by atoms with Gasteiger partial charge in [-0.15, -0.1) is 0 Å². The fraction of sp³-hybridized carbons (Fsp3) is 0.500. The molecule has 0 amide bonds. The summed E-state index contributed by atoms with van der Waals surface area (Å²) in [5, 5.41) is 0. The lowest BCUT2D eigenvalue weighted by atomic mass is 9.84. The van der Waals surface area contributed by atoms with Crippen molar-refractivity contribution in [1.82, 2.24) is 0 Å². The molecule has 0 bridgehead atoms. The summed E-state index contributed by atoms with van der Waals surface area (Å²) in [5.41, 5.74) is 0.00108. The minimum atomic E-state index is -0.492. The second kappa shape index (κ2) is 4.35. The fourth-order valence-electron chi connectivity index (χ4n) is 2.73. The predicted octanol–water partition coefficient (Wildman–Crippen LogP) is 2.73. The molecule has 2 heterocycles. The van der Waals surface area contributed by atoms with E-state index < -0.39 is 5.60 Å². The summed E-state index contributed by atoms with van der Waals surface area (Å²) in [6.07, 6.45) is 2.72. The molecule has 1 aromatic carbocycles. The fourth-order valence-corrected chi connectivity index (χ4v) is 2.73. The van der Waals surface area contributed by atoms with Gasteiger partial charge in [0, 0.05) is 19.1 Å². The third-order valence-corrected chi connectivity index (χ3v) is 3.68. The van der Waals surface area contributed by atoms with Crippen molar-refractivity contribution in [2.45, 2.75) is 31.3 Å². The Kier molecular flexibility index (Phi) is 2.82. The van der Waals surface area contributed by atoms with Gasteiger partial charge in [0.15, 0.2) is 5.78 Å². The van der Waals surface area contributed by atoms with E-state index in [2.05, 4.69) is 0 Å². The maximum Gasteiger partial charge on any atom is 0.170 e. The number of ether oxygens (including phenoxy) is 2. The predicted molar refractivity (Wildman–Crippen MR) is 63.4 cm³/mol. The summed E-state index contributed by atoms with van der Waals surface area (Å²) in [4.78, 5) is 12.1. The number of benzene rings is 1. The van der Waals surface area contributed by atoms with Crippen LogP contribution in [0, 0.1) is 5.82 Å². The molecule has 3 nitrogen and oxygen atoms in total. The Morgan fingerprint density at radius 1 is 1.22 bits per heavy atom. The van der Waals surface area contributed by atoms with E-state index in [1.165, 1.54) is 18.2 Å². The second-order valence-corrected chi connectivity index (χ2v) is 4.99. The van der Waals surface area contributed by atoms with Crippen molar-refractivity contribution in [2.24, 2.45) is 0 Å². The number of hydrogen-bond acceptors (Lipinski definition) is 3. The van der Waals surface area contributed by atoms with Crippen molar-refractivity contribution < 1.29 is 18.7 Å². The van der Waals surface area contributed by atoms with E-state index in [0.29, 0.717) is 37.4 Å². The van der Waals surface area contributed by atoms with E-state index in [1.54, 1.807) is 0 Å². The lowest BCUT2D eigenvalue weighted by Gasteiger charge is -2.37. The van der Waals surface area contributed by atoms with Crippen LogP contribution < -0.4 is 4.74 Å². The van der Waals surface area contributed by atoms with Crippen LogP contribution in [0.1, 0.15) is 36.0 Å². The summed E-state index contributed by atoms with van der Waals surface area (Å²) in [5.74, 6) is 0.0507. The summed E-state index contributed by atoms with van der Waals surface area (Å²) < 4.78 is 24.6. The first kappa shape index (κ1) is 11.7. The maximum absolute atomic E-state index is 13.2. The van der Waals surface area contributed by atoms with Crippen LogP contribution in [0.15, 0.2) is 18.2 Å². The third-order valence-electron chi connectivity index (χ3n) is 3.68. The second-order valence-electron chi connectivity index (χ2n) is 4.99. The van der Waals surface area contributed by atoms with E-state index in [9.17, 15) is 9.18 Å². The Hall–Kier alpha value is -1.42. The number of halogens is 1. The Morgan fingerprint density at radius 3 is 3.00 bits per heavy atom. The molecule has 0 aromatic heterocycles. The van der Waals surface area contributed by atoms with Gasteiger partial charge in [0.1, 0.15) is 17.2 Å². The molecule has 1 aromatic rings. The first-order valence-electron chi connectivity index (χ1n) is 6.28. The van der Waals surface area contributed by atoms with Gasteiger partial charge < -0.3 is 9.47 Å². The number of Topliss-reactive ketones (excluding diaryl/α,β-unsaturated/α-hetero) is 1. The van der Waals surface area contributed by atoms with Crippen LogP contribution in [0.2, 0.25) is 0 Å². The van der Waals surface area contributed by atoms with Gasteiger partial charge in [-0.1, -0.05) is 0 Å². The minimum absolute atomic E-state index is 0.0400. The highest BCUT2D eigenvalue weighted by atomic mass is 19.1. The number of ketones is 1. The summed E-state index contributed by atoms with van der Waals surface area (Å²) in [6.45, 7) is 1.30. The van der Waals surface area contributed by atoms with Gasteiger partial charge in [-0.3, -0.25) is 4.79 Å². The van der Waals surface area contributed by atoms with Crippen molar-refractivity contribution in [3.8, 4) is 5.75 Å². The summed E-state index contributed by atoms with van der Waals surface area (Å²) in [6, 6.07) is 4.11. The number of carbonyl (C=O) groups excluding carboxylic acids is 1. The molecule has 2 aliphatic heterocycles. The van der Waals surface area contributed by atoms with Gasteiger partial charge in [0.2, 0.25) is 0 Å². The van der Waals surface area contributed by atoms with Crippen molar-refractivity contribution in [2.75, 3.05) is 13.2 Å². The Bertz CT molecular complexity index is 476. The molecule has 18 heavy (non-hydrogen) atoms. The highest BCUT2D eigenvalue weighted by molar-refractivity contribution is 6.00. The Morgan fingerprint density at radius 2 is 2.11 bits per heavy atom. The molecule has 1 fully saturated rings. The lowest BCUT2D eigenvalue weighted by Crippen LogP contribution is -2.42. The average molecular weight is 250 g/mol. The van der Waals surface area contributed by atoms with Gasteiger partial charge in [-0.05, 0) is 25.0 Å². The zero-order chi connectivity index (χ0) is 12.6. The highest BCUT2D eigenvalue weighted by Gasteiger charge is 2.40. The van der Waals surface area contributed by atoms with Gasteiger partial charge in [-0.25, -0.2) is 4.39 Å². The molecule has 0 N–H and O–H groups in total. The topological polar surface area (TPSA) is 35.5 Å². The largest absolute Gasteiger partial charge is 0.486 e. The molecule has 3 rings (SSSR count). The smallest absolute Gasteiger partial charge is 0.170 e. The zero-order valence-corrected chi connectivity index (χ0v) is 10.1. The van der Waals surface area contributed by atoms with Crippen LogP contribution in [0.4, 0.5) is 4.39 Å². The van der Waals surface area contributed by atoms with E-state index in [0.717, 1.165) is 12.8 Å². The van der Waals surface area contributed by atoms with Gasteiger partial charge in [0.25, 0.3) is 0 Å². The van der Waals surface area contributed by atoms with Crippen LogP contribution in [-0.2, 0) is 4.74 Å². The van der Waals surface area contributed by atoms with Crippen LogP contribution in [0.3, 0.4) is 0 Å². The molecule has 0 saturated carbocycles. The molecule has 4 heteroatoms. The van der Waals surface area contributed by atoms with Crippen molar-refractivity contribution in [3.05, 3.63) is 29.6 Å². The van der Waals surface area contributed by atoms with Crippen LogP contribution in [0.25, 0.3) is 0 Å². The number of hydrogen-bond donors (Lipinski definition) is 0. The number of fused-ring (bicyclic) bond motifs is 1. The Balaban J connectivity index is 1.96. The van der Waals surface area contributed by atoms with E-state index >= 15 is 0 Å². The molecule has 0 radical (unpaired) electrons. The minimum Gasteiger partial charge on any atom is -0.486 e. The Labute approximate surface area is 105 Å². The van der Waals surface area contributed by atoms with Crippen molar-refractivity contribution >= 4 is 5.78 Å². The van der Waals surface area contributed by atoms with E-state index in [1.807, 2.05) is 0 Å². The number of rotatable bonds is 0. The van der Waals surface area contributed by atoms with Gasteiger partial charge in [0.05, 0.1) is 18.6 Å². The summed E-state index contributed by atoms with van der Waals surface area (Å²) >= 11 is 0. The van der Waals surface area contributed by atoms with Gasteiger partial charge >= 0.3 is 0 Å². The lowest BCUT2D eigenvalue weighted by molar-refractivity contribution is 0.0245. The van der Waals surface area contributed by atoms with E-state index in [-0.39, 0.29) is 11.6 Å². The monoisotopic (exact) mass is 250 g/mol. The normalized spacial score (nSPS) is 27.5. The molecule has 1 spiro atoms. The van der Waals surface area contributed by atoms with E-state index in [4.69, 9.17) is 9.47 Å². The number of carbonyl (C=O) groups is 1. The van der Waals surface area contributed by atoms with Crippen LogP contribution in [-0.4, -0.2) is 24.6 Å². The zero-order valence-electron chi connectivity index (χ0n) is 10.1. The third kappa shape index (κ3) is 2.01. The molecule has 2 aliphatic rings. The molecule has 96 valence electrons. The quantitative estimate of drug-likeness (QED) is 0.710. The molecule has 1 atom stereocenters. The van der Waals surface area contributed by atoms with Crippen molar-refractivity contribution in [1.29, 1.82) is 0 Å². The first-order valence-corrected chi connectivity index (χ1v) is 6.28. The SMILES string of the molecule is O=C1CC2(CCCOCC2)Oc2cc(F)ccc21. The molecular formula is C14H15FO3. The average Bonchev–Trinajstić information content (AvgIpc) is 2.54. The maximum atomic E-state index is 13.2. The van der Waals surface area contributed by atoms with Crippen molar-refractivity contribution in [3.63, 3.8) is 0 Å². The highest BCUT2D eigenvalue weighted by Crippen LogP contribution is 2.39. The standard InChI is InChI=1S/C14H15FO3/c15-10-2-3-11-12(16)9-14(18-13(11)8-10)4-1-6-17-7-5-14/h2-3,8H,1,4-7,9H2. The molecule has 1 unspecified atom stereocenters. The first-order chi connectivity index (χ1) is 8.69. The summed E-state index contributed by atoms with van der Waals surface area (Å²) in [7, 11) is 0. The van der Waals surface area contributed by atoms with Gasteiger partial charge in [-0.2, -0.15) is 0 Å².